The van der Waals surface area contributed by atoms with Gasteiger partial charge in [-0.15, -0.1) is 0 Å². The van der Waals surface area contributed by atoms with E-state index in [9.17, 15) is 0 Å². The van der Waals surface area contributed by atoms with Crippen molar-refractivity contribution in [2.75, 3.05) is 24.7 Å². The van der Waals surface area contributed by atoms with Gasteiger partial charge in [0.1, 0.15) is 24.7 Å². The molecule has 20 heavy (non-hydrogen) atoms. The number of rotatable bonds is 4. The Morgan fingerprint density at radius 1 is 0.650 bits per heavy atom. The number of anilines is 2. The second kappa shape index (κ2) is 6.95. The molecule has 2 aromatic rings. The fourth-order valence-electron chi connectivity index (χ4n) is 1.47. The summed E-state index contributed by atoms with van der Waals surface area (Å²) in [7, 11) is 0. The SMILES string of the molecule is Nc1ccc(OCC#CCOc2ccc(N)cc2)cc1. The van der Waals surface area contributed by atoms with Crippen LogP contribution in [0.15, 0.2) is 48.5 Å². The highest BCUT2D eigenvalue weighted by Gasteiger charge is 1.91. The minimum Gasteiger partial charge on any atom is -0.481 e. The molecule has 4 heteroatoms. The Hall–Kier alpha value is -2.80. The van der Waals surface area contributed by atoms with Crippen LogP contribution >= 0.6 is 0 Å². The molecule has 0 amide bonds. The molecule has 0 heterocycles. The maximum atomic E-state index is 5.58. The van der Waals surface area contributed by atoms with Crippen LogP contribution in [-0.2, 0) is 0 Å². The van der Waals surface area contributed by atoms with E-state index in [1.165, 1.54) is 0 Å². The van der Waals surface area contributed by atoms with Crippen molar-refractivity contribution in [3.8, 4) is 23.3 Å². The molecule has 0 unspecified atom stereocenters. The smallest absolute Gasteiger partial charge is 0.149 e. The number of hydrogen-bond donors (Lipinski definition) is 2. The van der Waals surface area contributed by atoms with E-state index >= 15 is 0 Å². The van der Waals surface area contributed by atoms with Gasteiger partial charge in [-0.3, -0.25) is 0 Å². The predicted octanol–water partition coefficient (Wildman–Crippen LogP) is 2.31. The van der Waals surface area contributed by atoms with Crippen LogP contribution < -0.4 is 20.9 Å². The van der Waals surface area contributed by atoms with Gasteiger partial charge in [0.25, 0.3) is 0 Å². The van der Waals surface area contributed by atoms with Gasteiger partial charge in [-0.2, -0.15) is 0 Å². The summed E-state index contributed by atoms with van der Waals surface area (Å²) < 4.78 is 10.9. The van der Waals surface area contributed by atoms with Crippen molar-refractivity contribution in [3.63, 3.8) is 0 Å². The molecule has 0 radical (unpaired) electrons. The summed E-state index contributed by atoms with van der Waals surface area (Å²) >= 11 is 0. The van der Waals surface area contributed by atoms with Crippen LogP contribution in [-0.4, -0.2) is 13.2 Å². The molecule has 4 N–H and O–H groups in total. The summed E-state index contributed by atoms with van der Waals surface area (Å²) in [5.74, 6) is 7.24. The molecule has 2 rings (SSSR count). The van der Waals surface area contributed by atoms with E-state index < -0.39 is 0 Å². The van der Waals surface area contributed by atoms with Crippen LogP contribution in [0, 0.1) is 11.8 Å². The van der Waals surface area contributed by atoms with Gasteiger partial charge in [-0.1, -0.05) is 11.8 Å². The van der Waals surface area contributed by atoms with E-state index in [0.29, 0.717) is 24.6 Å². The largest absolute Gasteiger partial charge is 0.481 e. The molecule has 4 nitrogen and oxygen atoms in total. The summed E-state index contributed by atoms with van der Waals surface area (Å²) in [6, 6.07) is 14.4. The molecule has 0 saturated carbocycles. The van der Waals surface area contributed by atoms with Crippen molar-refractivity contribution in [1.82, 2.24) is 0 Å². The summed E-state index contributed by atoms with van der Waals surface area (Å²) in [5.41, 5.74) is 12.6. The Bertz CT molecular complexity index is 542. The molecule has 0 aromatic heterocycles. The topological polar surface area (TPSA) is 70.5 Å². The first-order valence-electron chi connectivity index (χ1n) is 6.16. The van der Waals surface area contributed by atoms with Crippen molar-refractivity contribution in [3.05, 3.63) is 48.5 Å². The molecule has 0 spiro atoms. The summed E-state index contributed by atoms with van der Waals surface area (Å²) in [6.45, 7) is 0.629. The molecule has 0 aliphatic heterocycles. The zero-order valence-electron chi connectivity index (χ0n) is 11.0. The van der Waals surface area contributed by atoms with Crippen molar-refractivity contribution in [1.29, 1.82) is 0 Å². The minimum absolute atomic E-state index is 0.314. The van der Waals surface area contributed by atoms with Crippen LogP contribution in [0.4, 0.5) is 11.4 Å². The highest BCUT2D eigenvalue weighted by molar-refractivity contribution is 5.42. The Kier molecular flexibility index (Phi) is 4.74. The Labute approximate surface area is 118 Å². The first-order valence-corrected chi connectivity index (χ1v) is 6.16. The number of hydrogen-bond acceptors (Lipinski definition) is 4. The van der Waals surface area contributed by atoms with E-state index in [1.807, 2.05) is 24.3 Å². The number of nitrogen functional groups attached to an aromatic ring is 2. The average molecular weight is 268 g/mol. The second-order valence-electron chi connectivity index (χ2n) is 4.07. The van der Waals surface area contributed by atoms with E-state index in [2.05, 4.69) is 11.8 Å². The monoisotopic (exact) mass is 268 g/mol. The Morgan fingerprint density at radius 3 is 1.35 bits per heavy atom. The molecule has 0 aliphatic rings. The molecule has 0 bridgehead atoms. The first kappa shape index (κ1) is 13.6. The van der Waals surface area contributed by atoms with Gasteiger partial charge in [0, 0.05) is 11.4 Å². The standard InChI is InChI=1S/C16H16N2O2/c17-13-3-7-15(8-4-13)19-11-1-2-12-20-16-9-5-14(18)6-10-16/h3-10H,11-12,17-18H2. The third kappa shape index (κ3) is 4.46. The van der Waals surface area contributed by atoms with Crippen LogP contribution in [0.3, 0.4) is 0 Å². The summed E-state index contributed by atoms with van der Waals surface area (Å²) in [4.78, 5) is 0. The van der Waals surface area contributed by atoms with Crippen LogP contribution in [0.1, 0.15) is 0 Å². The van der Waals surface area contributed by atoms with E-state index in [1.54, 1.807) is 24.3 Å². The molecule has 0 atom stereocenters. The first-order chi connectivity index (χ1) is 9.74. The third-order valence-corrected chi connectivity index (χ3v) is 2.51. The molecular formula is C16H16N2O2. The number of ether oxygens (including phenoxy) is 2. The highest BCUT2D eigenvalue weighted by atomic mass is 16.5. The van der Waals surface area contributed by atoms with Gasteiger partial charge >= 0.3 is 0 Å². The van der Waals surface area contributed by atoms with Crippen molar-refractivity contribution in [2.45, 2.75) is 0 Å². The van der Waals surface area contributed by atoms with Gasteiger partial charge < -0.3 is 20.9 Å². The van der Waals surface area contributed by atoms with E-state index in [-0.39, 0.29) is 0 Å². The Balaban J connectivity index is 1.70. The lowest BCUT2D eigenvalue weighted by Crippen LogP contribution is -1.97. The zero-order valence-corrected chi connectivity index (χ0v) is 11.0. The molecule has 2 aromatic carbocycles. The normalized spacial score (nSPS) is 9.40. The van der Waals surface area contributed by atoms with Crippen molar-refractivity contribution >= 4 is 11.4 Å². The summed E-state index contributed by atoms with van der Waals surface area (Å²) in [6.07, 6.45) is 0. The Morgan fingerprint density at radius 2 is 1.00 bits per heavy atom. The molecular weight excluding hydrogens is 252 g/mol. The minimum atomic E-state index is 0.314. The van der Waals surface area contributed by atoms with Crippen LogP contribution in [0.5, 0.6) is 11.5 Å². The molecule has 0 aliphatic carbocycles. The average Bonchev–Trinajstić information content (AvgIpc) is 2.46. The molecule has 102 valence electrons. The maximum absolute atomic E-state index is 5.58. The van der Waals surface area contributed by atoms with E-state index in [4.69, 9.17) is 20.9 Å². The third-order valence-electron chi connectivity index (χ3n) is 2.51. The van der Waals surface area contributed by atoms with Crippen molar-refractivity contribution < 1.29 is 9.47 Å². The highest BCUT2D eigenvalue weighted by Crippen LogP contribution is 2.13. The fraction of sp³-hybridized carbons (Fsp3) is 0.125. The number of benzene rings is 2. The fourth-order valence-corrected chi connectivity index (χ4v) is 1.47. The number of nitrogens with two attached hydrogens (primary N) is 2. The maximum Gasteiger partial charge on any atom is 0.149 e. The van der Waals surface area contributed by atoms with Crippen molar-refractivity contribution in [2.24, 2.45) is 0 Å². The quantitative estimate of drug-likeness (QED) is 0.659. The summed E-state index contributed by atoms with van der Waals surface area (Å²) in [5, 5.41) is 0. The van der Waals surface area contributed by atoms with Gasteiger partial charge in [-0.05, 0) is 48.5 Å². The van der Waals surface area contributed by atoms with Gasteiger partial charge in [0.15, 0.2) is 0 Å². The van der Waals surface area contributed by atoms with Crippen LogP contribution in [0.25, 0.3) is 0 Å². The van der Waals surface area contributed by atoms with E-state index in [0.717, 1.165) is 11.5 Å². The lowest BCUT2D eigenvalue weighted by Gasteiger charge is -2.02. The van der Waals surface area contributed by atoms with Gasteiger partial charge in [0.2, 0.25) is 0 Å². The van der Waals surface area contributed by atoms with Gasteiger partial charge in [-0.25, -0.2) is 0 Å². The molecule has 0 saturated heterocycles. The molecule has 0 fully saturated rings. The van der Waals surface area contributed by atoms with Gasteiger partial charge in [0.05, 0.1) is 0 Å². The zero-order chi connectivity index (χ0) is 14.2. The van der Waals surface area contributed by atoms with Crippen LogP contribution in [0.2, 0.25) is 0 Å². The lowest BCUT2D eigenvalue weighted by atomic mass is 10.3. The lowest BCUT2D eigenvalue weighted by molar-refractivity contribution is 0.362. The predicted molar refractivity (Wildman–Crippen MR) is 80.5 cm³/mol. The second-order valence-corrected chi connectivity index (χ2v) is 4.07.